The van der Waals surface area contributed by atoms with Crippen LogP contribution in [-0.4, -0.2) is 35.5 Å². The van der Waals surface area contributed by atoms with Crippen molar-refractivity contribution in [3.05, 3.63) is 29.6 Å². The fourth-order valence-corrected chi connectivity index (χ4v) is 2.45. The number of carbonyl (C=O) groups excluding carboxylic acids is 1. The second-order valence-electron chi connectivity index (χ2n) is 4.67. The number of piperidine rings is 1. The van der Waals surface area contributed by atoms with E-state index in [0.717, 1.165) is 31.4 Å². The number of likely N-dealkylation sites (tertiary alicyclic amines) is 1. The molecule has 1 saturated heterocycles. The number of carbonyl (C=O) groups is 1. The van der Waals surface area contributed by atoms with Gasteiger partial charge in [-0.3, -0.25) is 9.69 Å². The van der Waals surface area contributed by atoms with Crippen LogP contribution in [0.1, 0.15) is 30.5 Å². The Hall–Kier alpha value is -1.93. The molecular weight excluding hydrogens is 242 g/mol. The number of nitriles is 1. The highest BCUT2D eigenvalue weighted by Gasteiger charge is 2.29. The molecule has 2 rings (SSSR count). The number of hydrogen-bond donors (Lipinski definition) is 0. The van der Waals surface area contributed by atoms with Gasteiger partial charge in [-0.2, -0.15) is 5.26 Å². The summed E-state index contributed by atoms with van der Waals surface area (Å²) in [5.41, 5.74) is 1.41. The van der Waals surface area contributed by atoms with Gasteiger partial charge in [0.1, 0.15) is 17.8 Å². The van der Waals surface area contributed by atoms with Crippen molar-refractivity contribution in [1.82, 2.24) is 9.88 Å². The van der Waals surface area contributed by atoms with Gasteiger partial charge in [0.05, 0.1) is 7.11 Å². The average Bonchev–Trinajstić information content (AvgIpc) is 2.47. The topological polar surface area (TPSA) is 66.2 Å². The van der Waals surface area contributed by atoms with Crippen LogP contribution in [0.3, 0.4) is 0 Å². The van der Waals surface area contributed by atoms with Gasteiger partial charge in [-0.15, -0.1) is 0 Å². The van der Waals surface area contributed by atoms with Crippen molar-refractivity contribution in [2.75, 3.05) is 13.7 Å². The highest BCUT2D eigenvalue weighted by atomic mass is 16.5. The zero-order chi connectivity index (χ0) is 13.7. The highest BCUT2D eigenvalue weighted by Crippen LogP contribution is 2.20. The van der Waals surface area contributed by atoms with Crippen LogP contribution in [0, 0.1) is 11.3 Å². The van der Waals surface area contributed by atoms with E-state index < -0.39 is 0 Å². The van der Waals surface area contributed by atoms with E-state index in [-0.39, 0.29) is 12.0 Å². The van der Waals surface area contributed by atoms with Gasteiger partial charge in [0.25, 0.3) is 0 Å². The molecule has 5 heteroatoms. The van der Waals surface area contributed by atoms with E-state index in [1.165, 1.54) is 7.11 Å². The first-order valence-corrected chi connectivity index (χ1v) is 6.41. The van der Waals surface area contributed by atoms with Crippen LogP contribution in [0.15, 0.2) is 18.3 Å². The maximum absolute atomic E-state index is 11.8. The first-order valence-electron chi connectivity index (χ1n) is 6.41. The summed E-state index contributed by atoms with van der Waals surface area (Å²) in [6.07, 6.45) is 4.60. The molecule has 1 aliphatic heterocycles. The normalized spacial score (nSPS) is 19.7. The van der Waals surface area contributed by atoms with Crippen molar-refractivity contribution in [2.45, 2.75) is 31.8 Å². The van der Waals surface area contributed by atoms with Gasteiger partial charge in [-0.05, 0) is 37.1 Å². The second kappa shape index (κ2) is 6.30. The van der Waals surface area contributed by atoms with Crippen LogP contribution in [0.2, 0.25) is 0 Å². The van der Waals surface area contributed by atoms with Crippen molar-refractivity contribution in [3.63, 3.8) is 0 Å². The van der Waals surface area contributed by atoms with Gasteiger partial charge in [-0.25, -0.2) is 4.98 Å². The summed E-state index contributed by atoms with van der Waals surface area (Å²) in [5, 5.41) is 8.85. The third-order valence-corrected chi connectivity index (χ3v) is 3.41. The molecular formula is C14H17N3O2. The lowest BCUT2D eigenvalue weighted by atomic mass is 10.0. The summed E-state index contributed by atoms with van der Waals surface area (Å²) < 4.78 is 4.86. The van der Waals surface area contributed by atoms with Crippen molar-refractivity contribution in [3.8, 4) is 6.07 Å². The molecule has 1 fully saturated rings. The van der Waals surface area contributed by atoms with Crippen LogP contribution in [0.5, 0.6) is 0 Å². The highest BCUT2D eigenvalue weighted by molar-refractivity contribution is 5.75. The minimum absolute atomic E-state index is 0.169. The average molecular weight is 259 g/mol. The Kier molecular flexibility index (Phi) is 4.48. The predicted molar refractivity (Wildman–Crippen MR) is 69.0 cm³/mol. The molecule has 2 heterocycles. The van der Waals surface area contributed by atoms with Crippen molar-refractivity contribution >= 4 is 5.97 Å². The van der Waals surface area contributed by atoms with E-state index >= 15 is 0 Å². The Labute approximate surface area is 112 Å². The monoisotopic (exact) mass is 259 g/mol. The van der Waals surface area contributed by atoms with Crippen LogP contribution in [-0.2, 0) is 16.1 Å². The van der Waals surface area contributed by atoms with E-state index in [4.69, 9.17) is 10.00 Å². The molecule has 5 nitrogen and oxygen atoms in total. The summed E-state index contributed by atoms with van der Waals surface area (Å²) >= 11 is 0. The number of esters is 1. The molecule has 0 spiro atoms. The fraction of sp³-hybridized carbons (Fsp3) is 0.500. The van der Waals surface area contributed by atoms with Crippen molar-refractivity contribution < 1.29 is 9.53 Å². The first-order chi connectivity index (χ1) is 9.24. The molecule has 0 aliphatic carbocycles. The molecule has 1 aliphatic rings. The zero-order valence-corrected chi connectivity index (χ0v) is 11.0. The number of hydrogen-bond acceptors (Lipinski definition) is 5. The van der Waals surface area contributed by atoms with Gasteiger partial charge >= 0.3 is 5.97 Å². The molecule has 0 bridgehead atoms. The second-order valence-corrected chi connectivity index (χ2v) is 4.67. The van der Waals surface area contributed by atoms with Crippen LogP contribution in [0.4, 0.5) is 0 Å². The maximum Gasteiger partial charge on any atom is 0.323 e. The Morgan fingerprint density at radius 3 is 3.21 bits per heavy atom. The SMILES string of the molecule is COC(=O)[C@H]1CCCCN1Cc1ccnc(C#N)c1. The van der Waals surface area contributed by atoms with Gasteiger partial charge in [0.15, 0.2) is 0 Å². The molecule has 1 aromatic rings. The lowest BCUT2D eigenvalue weighted by molar-refractivity contribution is -0.148. The number of pyridine rings is 1. The summed E-state index contributed by atoms with van der Waals surface area (Å²) in [5.74, 6) is -0.172. The van der Waals surface area contributed by atoms with Crippen LogP contribution >= 0.6 is 0 Å². The fourth-order valence-electron chi connectivity index (χ4n) is 2.45. The number of methoxy groups -OCH3 is 1. The third kappa shape index (κ3) is 3.30. The molecule has 1 atom stereocenters. The predicted octanol–water partition coefficient (Wildman–Crippen LogP) is 1.48. The third-order valence-electron chi connectivity index (χ3n) is 3.41. The Morgan fingerprint density at radius 2 is 2.47 bits per heavy atom. The molecule has 1 aromatic heterocycles. The van der Waals surface area contributed by atoms with E-state index in [2.05, 4.69) is 9.88 Å². The van der Waals surface area contributed by atoms with Gasteiger partial charge in [0.2, 0.25) is 0 Å². The molecule has 0 N–H and O–H groups in total. The standard InChI is InChI=1S/C14H17N3O2/c1-19-14(18)13-4-2-3-7-17(13)10-11-5-6-16-12(8-11)9-15/h5-6,8,13H,2-4,7,10H2,1H3/t13-/m1/s1. The van der Waals surface area contributed by atoms with E-state index in [1.54, 1.807) is 12.3 Å². The number of ether oxygens (including phenoxy) is 1. The Balaban J connectivity index is 2.10. The quantitative estimate of drug-likeness (QED) is 0.769. The summed E-state index contributed by atoms with van der Waals surface area (Å²) in [6, 6.07) is 5.51. The molecule has 0 amide bonds. The first kappa shape index (κ1) is 13.5. The minimum atomic E-state index is -0.172. The van der Waals surface area contributed by atoms with Crippen molar-refractivity contribution in [2.24, 2.45) is 0 Å². The summed E-state index contributed by atoms with van der Waals surface area (Å²) in [7, 11) is 1.43. The lowest BCUT2D eigenvalue weighted by Crippen LogP contribution is -2.44. The van der Waals surface area contributed by atoms with E-state index in [0.29, 0.717) is 12.2 Å². The maximum atomic E-state index is 11.8. The van der Waals surface area contributed by atoms with Gasteiger partial charge in [0, 0.05) is 12.7 Å². The largest absolute Gasteiger partial charge is 0.468 e. The molecule has 100 valence electrons. The van der Waals surface area contributed by atoms with Gasteiger partial charge in [-0.1, -0.05) is 6.42 Å². The van der Waals surface area contributed by atoms with Crippen molar-refractivity contribution in [1.29, 1.82) is 5.26 Å². The molecule has 0 unspecified atom stereocenters. The van der Waals surface area contributed by atoms with Crippen LogP contribution < -0.4 is 0 Å². The summed E-state index contributed by atoms with van der Waals surface area (Å²) in [6.45, 7) is 1.53. The molecule has 0 aromatic carbocycles. The van der Waals surface area contributed by atoms with Crippen LogP contribution in [0.25, 0.3) is 0 Å². The van der Waals surface area contributed by atoms with E-state index in [9.17, 15) is 4.79 Å². The zero-order valence-electron chi connectivity index (χ0n) is 11.0. The number of rotatable bonds is 3. The van der Waals surface area contributed by atoms with Gasteiger partial charge < -0.3 is 4.74 Å². The number of aromatic nitrogens is 1. The lowest BCUT2D eigenvalue weighted by Gasteiger charge is -2.33. The minimum Gasteiger partial charge on any atom is -0.468 e. The molecule has 19 heavy (non-hydrogen) atoms. The Bertz CT molecular complexity index is 496. The summed E-state index contributed by atoms with van der Waals surface area (Å²) in [4.78, 5) is 17.8. The smallest absolute Gasteiger partial charge is 0.323 e. The van der Waals surface area contributed by atoms with E-state index in [1.807, 2.05) is 12.1 Å². The molecule has 0 radical (unpaired) electrons. The number of nitrogens with zero attached hydrogens (tertiary/aromatic N) is 3. The Morgan fingerprint density at radius 1 is 1.63 bits per heavy atom. The molecule has 0 saturated carbocycles.